The SMILES string of the molecule is O=C(c1ccc([N+](=O)[O-])cc1Cl)N1CCCC1c1nnc(-c2ccccc2)o1. The average Bonchev–Trinajstić information content (AvgIpc) is 3.37. The summed E-state index contributed by atoms with van der Waals surface area (Å²) in [4.78, 5) is 24.9. The maximum Gasteiger partial charge on any atom is 0.270 e. The number of nitrogens with zero attached hydrogens (tertiary/aromatic N) is 4. The first kappa shape index (κ1) is 18.1. The lowest BCUT2D eigenvalue weighted by molar-refractivity contribution is -0.384. The maximum atomic E-state index is 13.0. The molecule has 0 saturated carbocycles. The first-order chi connectivity index (χ1) is 13.5. The third-order valence-corrected chi connectivity index (χ3v) is 4.97. The normalized spacial score (nSPS) is 16.3. The Morgan fingerprint density at radius 3 is 2.71 bits per heavy atom. The molecule has 1 unspecified atom stereocenters. The summed E-state index contributed by atoms with van der Waals surface area (Å²) in [7, 11) is 0. The van der Waals surface area contributed by atoms with Gasteiger partial charge < -0.3 is 9.32 Å². The Morgan fingerprint density at radius 2 is 2.00 bits per heavy atom. The van der Waals surface area contributed by atoms with Crippen LogP contribution in [-0.2, 0) is 0 Å². The molecule has 8 nitrogen and oxygen atoms in total. The molecule has 2 heterocycles. The van der Waals surface area contributed by atoms with Crippen LogP contribution in [0.5, 0.6) is 0 Å². The average molecular weight is 399 g/mol. The van der Waals surface area contributed by atoms with Crippen LogP contribution < -0.4 is 0 Å². The van der Waals surface area contributed by atoms with E-state index >= 15 is 0 Å². The van der Waals surface area contributed by atoms with Crippen molar-refractivity contribution in [3.8, 4) is 11.5 Å². The first-order valence-corrected chi connectivity index (χ1v) is 9.06. The second-order valence-electron chi connectivity index (χ2n) is 6.39. The van der Waals surface area contributed by atoms with Gasteiger partial charge in [-0.2, -0.15) is 0 Å². The number of carbonyl (C=O) groups is 1. The Hall–Kier alpha value is -3.26. The van der Waals surface area contributed by atoms with Crippen LogP contribution in [0, 0.1) is 10.1 Å². The first-order valence-electron chi connectivity index (χ1n) is 8.68. The molecule has 1 fully saturated rings. The van der Waals surface area contributed by atoms with Crippen molar-refractivity contribution in [2.24, 2.45) is 0 Å². The number of hydrogen-bond donors (Lipinski definition) is 0. The zero-order valence-electron chi connectivity index (χ0n) is 14.6. The Morgan fingerprint density at radius 1 is 1.21 bits per heavy atom. The van der Waals surface area contributed by atoms with E-state index in [-0.39, 0.29) is 28.2 Å². The van der Waals surface area contributed by atoms with Crippen molar-refractivity contribution in [2.75, 3.05) is 6.54 Å². The fourth-order valence-corrected chi connectivity index (χ4v) is 3.53. The lowest BCUT2D eigenvalue weighted by Crippen LogP contribution is -2.31. The number of non-ortho nitro benzene ring substituents is 1. The third-order valence-electron chi connectivity index (χ3n) is 4.65. The summed E-state index contributed by atoms with van der Waals surface area (Å²) in [6, 6.07) is 12.8. The highest BCUT2D eigenvalue weighted by Gasteiger charge is 2.35. The molecule has 1 saturated heterocycles. The monoisotopic (exact) mass is 398 g/mol. The summed E-state index contributed by atoms with van der Waals surface area (Å²) in [5.74, 6) is 0.438. The number of benzene rings is 2. The van der Waals surface area contributed by atoms with E-state index < -0.39 is 4.92 Å². The van der Waals surface area contributed by atoms with Gasteiger partial charge >= 0.3 is 0 Å². The van der Waals surface area contributed by atoms with Gasteiger partial charge in [-0.25, -0.2) is 0 Å². The van der Waals surface area contributed by atoms with E-state index in [9.17, 15) is 14.9 Å². The molecular weight excluding hydrogens is 384 g/mol. The predicted molar refractivity (Wildman–Crippen MR) is 101 cm³/mol. The quantitative estimate of drug-likeness (QED) is 0.480. The number of carbonyl (C=O) groups excluding carboxylic acids is 1. The highest BCUT2D eigenvalue weighted by molar-refractivity contribution is 6.34. The molecule has 1 amide bonds. The number of rotatable bonds is 4. The second kappa shape index (κ2) is 7.40. The van der Waals surface area contributed by atoms with Crippen LogP contribution in [0.25, 0.3) is 11.5 Å². The predicted octanol–water partition coefficient (Wildman–Crippen LogP) is 4.28. The molecule has 0 radical (unpaired) electrons. The minimum Gasteiger partial charge on any atom is -0.418 e. The van der Waals surface area contributed by atoms with Gasteiger partial charge in [0.15, 0.2) is 0 Å². The van der Waals surface area contributed by atoms with E-state index in [1.54, 1.807) is 4.90 Å². The second-order valence-corrected chi connectivity index (χ2v) is 6.80. The van der Waals surface area contributed by atoms with Crippen molar-refractivity contribution in [3.05, 3.63) is 75.1 Å². The van der Waals surface area contributed by atoms with Crippen molar-refractivity contribution in [1.29, 1.82) is 0 Å². The van der Waals surface area contributed by atoms with Crippen LogP contribution in [-0.4, -0.2) is 32.5 Å². The molecule has 4 rings (SSSR count). The molecule has 1 aliphatic heterocycles. The van der Waals surface area contributed by atoms with Gasteiger partial charge in [0.1, 0.15) is 6.04 Å². The molecule has 1 aromatic heterocycles. The Kier molecular flexibility index (Phi) is 4.79. The fraction of sp³-hybridized carbons (Fsp3) is 0.211. The van der Waals surface area contributed by atoms with Crippen LogP contribution in [0.4, 0.5) is 5.69 Å². The highest BCUT2D eigenvalue weighted by Crippen LogP contribution is 2.35. The van der Waals surface area contributed by atoms with Gasteiger partial charge in [0.2, 0.25) is 11.8 Å². The van der Waals surface area contributed by atoms with Crippen molar-refractivity contribution < 1.29 is 14.1 Å². The number of likely N-dealkylation sites (tertiary alicyclic amines) is 1. The molecule has 0 aliphatic carbocycles. The third kappa shape index (κ3) is 3.34. The molecule has 0 spiro atoms. The van der Waals surface area contributed by atoms with E-state index in [4.69, 9.17) is 16.0 Å². The molecular formula is C19H15ClN4O4. The zero-order valence-corrected chi connectivity index (χ0v) is 15.4. The van der Waals surface area contributed by atoms with Gasteiger partial charge in [-0.05, 0) is 31.0 Å². The van der Waals surface area contributed by atoms with E-state index in [1.807, 2.05) is 30.3 Å². The van der Waals surface area contributed by atoms with E-state index in [2.05, 4.69) is 10.2 Å². The van der Waals surface area contributed by atoms with Gasteiger partial charge in [-0.15, -0.1) is 10.2 Å². The van der Waals surface area contributed by atoms with Crippen molar-refractivity contribution in [3.63, 3.8) is 0 Å². The van der Waals surface area contributed by atoms with Gasteiger partial charge in [0.05, 0.1) is 15.5 Å². The molecule has 0 N–H and O–H groups in total. The van der Waals surface area contributed by atoms with E-state index in [0.717, 1.165) is 12.0 Å². The molecule has 28 heavy (non-hydrogen) atoms. The lowest BCUT2D eigenvalue weighted by Gasteiger charge is -2.22. The minimum absolute atomic E-state index is 0.0420. The molecule has 142 valence electrons. The molecule has 1 aliphatic rings. The van der Waals surface area contributed by atoms with Gasteiger partial charge in [-0.1, -0.05) is 29.8 Å². The Balaban J connectivity index is 1.60. The summed E-state index contributed by atoms with van der Waals surface area (Å²) < 4.78 is 5.81. The lowest BCUT2D eigenvalue weighted by atomic mass is 10.1. The number of nitro benzene ring substituents is 1. The Bertz CT molecular complexity index is 1040. The Labute approximate surface area is 164 Å². The number of aromatic nitrogens is 2. The molecule has 2 aromatic carbocycles. The fourth-order valence-electron chi connectivity index (χ4n) is 3.28. The van der Waals surface area contributed by atoms with Crippen LogP contribution in [0.15, 0.2) is 52.9 Å². The molecule has 0 bridgehead atoms. The van der Waals surface area contributed by atoms with Gasteiger partial charge in [0.25, 0.3) is 11.6 Å². The summed E-state index contributed by atoms with van der Waals surface area (Å²) >= 11 is 6.12. The topological polar surface area (TPSA) is 102 Å². The molecule has 3 aromatic rings. The molecule has 1 atom stereocenters. The van der Waals surface area contributed by atoms with Crippen molar-refractivity contribution in [1.82, 2.24) is 15.1 Å². The van der Waals surface area contributed by atoms with Crippen molar-refractivity contribution >= 4 is 23.2 Å². The van der Waals surface area contributed by atoms with E-state index in [1.165, 1.54) is 18.2 Å². The highest BCUT2D eigenvalue weighted by atomic mass is 35.5. The summed E-state index contributed by atoms with van der Waals surface area (Å²) in [6.07, 6.45) is 1.47. The summed E-state index contributed by atoms with van der Waals surface area (Å²) in [5.41, 5.74) is 0.849. The summed E-state index contributed by atoms with van der Waals surface area (Å²) in [6.45, 7) is 0.514. The minimum atomic E-state index is -0.553. The number of amides is 1. The standard InChI is InChI=1S/C19H15ClN4O4/c20-15-11-13(24(26)27)8-9-14(15)19(25)23-10-4-7-16(23)18-22-21-17(28-18)12-5-2-1-3-6-12/h1-3,5-6,8-9,11,16H,4,7,10H2. The number of nitro groups is 1. The van der Waals surface area contributed by atoms with E-state index in [0.29, 0.717) is 24.7 Å². The molecule has 9 heteroatoms. The van der Waals surface area contributed by atoms with Crippen LogP contribution in [0.1, 0.15) is 35.1 Å². The number of hydrogen-bond acceptors (Lipinski definition) is 6. The number of halogens is 1. The largest absolute Gasteiger partial charge is 0.418 e. The van der Waals surface area contributed by atoms with Crippen LogP contribution >= 0.6 is 11.6 Å². The van der Waals surface area contributed by atoms with Crippen LogP contribution in [0.2, 0.25) is 5.02 Å². The maximum absolute atomic E-state index is 13.0. The van der Waals surface area contributed by atoms with Gasteiger partial charge in [0, 0.05) is 24.2 Å². The summed E-state index contributed by atoms with van der Waals surface area (Å²) in [5, 5.41) is 19.1. The zero-order chi connectivity index (χ0) is 19.7. The van der Waals surface area contributed by atoms with Crippen molar-refractivity contribution in [2.45, 2.75) is 18.9 Å². The van der Waals surface area contributed by atoms with Gasteiger partial charge in [-0.3, -0.25) is 14.9 Å². The smallest absolute Gasteiger partial charge is 0.270 e. The van der Waals surface area contributed by atoms with Crippen LogP contribution in [0.3, 0.4) is 0 Å².